The van der Waals surface area contributed by atoms with Crippen molar-refractivity contribution in [2.45, 2.75) is 26.7 Å². The van der Waals surface area contributed by atoms with Gasteiger partial charge in [-0.25, -0.2) is 4.68 Å². The Balaban J connectivity index is 1.52. The summed E-state index contributed by atoms with van der Waals surface area (Å²) in [6, 6.07) is 18.2. The fraction of sp³-hybridized carbons (Fsp3) is 0.238. The lowest BCUT2D eigenvalue weighted by Gasteiger charge is -2.06. The molecule has 0 amide bonds. The molecule has 0 saturated carbocycles. The largest absolute Gasteiger partial charge is 0.370 e. The van der Waals surface area contributed by atoms with Crippen molar-refractivity contribution in [2.75, 3.05) is 11.9 Å². The van der Waals surface area contributed by atoms with E-state index < -0.39 is 0 Å². The molecular weight excluding hydrogens is 322 g/mol. The van der Waals surface area contributed by atoms with Gasteiger partial charge < -0.3 is 11.1 Å². The second kappa shape index (κ2) is 8.34. The Labute approximate surface area is 154 Å². The standard InChI is InChI=1S/C21H25N5/c1-16-8-6-10-19(14-16)24-21(22)23-13-7-9-18-15-26(25-17(18)2)20-11-4-3-5-12-20/h3-6,8,10-12,14-15H,7,9,13H2,1-2H3,(H3,22,23,24). The molecule has 26 heavy (non-hydrogen) atoms. The lowest BCUT2D eigenvalue weighted by molar-refractivity contribution is 0.827. The molecule has 5 heteroatoms. The zero-order chi connectivity index (χ0) is 18.4. The van der Waals surface area contributed by atoms with Crippen LogP contribution in [0, 0.1) is 13.8 Å². The van der Waals surface area contributed by atoms with Crippen LogP contribution in [-0.2, 0) is 6.42 Å². The Kier molecular flexibility index (Phi) is 5.69. The predicted octanol–water partition coefficient (Wildman–Crippen LogP) is 3.85. The molecule has 1 aromatic heterocycles. The number of rotatable bonds is 6. The first-order valence-corrected chi connectivity index (χ1v) is 8.86. The smallest absolute Gasteiger partial charge is 0.193 e. The van der Waals surface area contributed by atoms with E-state index in [1.807, 2.05) is 48.0 Å². The molecule has 0 fully saturated rings. The highest BCUT2D eigenvalue weighted by atomic mass is 15.3. The van der Waals surface area contributed by atoms with Gasteiger partial charge in [0.1, 0.15) is 0 Å². The summed E-state index contributed by atoms with van der Waals surface area (Å²) in [4.78, 5) is 4.41. The van der Waals surface area contributed by atoms with Gasteiger partial charge in [0.25, 0.3) is 0 Å². The van der Waals surface area contributed by atoms with Gasteiger partial charge >= 0.3 is 0 Å². The number of anilines is 1. The first-order valence-electron chi connectivity index (χ1n) is 8.86. The molecule has 3 N–H and O–H groups in total. The highest BCUT2D eigenvalue weighted by Crippen LogP contribution is 2.13. The molecule has 2 aromatic carbocycles. The molecular formula is C21H25N5. The molecule has 0 aliphatic rings. The van der Waals surface area contributed by atoms with E-state index in [9.17, 15) is 0 Å². The molecule has 0 unspecified atom stereocenters. The SMILES string of the molecule is Cc1cccc(NC(N)=NCCCc2cn(-c3ccccc3)nc2C)c1. The fourth-order valence-electron chi connectivity index (χ4n) is 2.83. The third kappa shape index (κ3) is 4.72. The number of guanidine groups is 1. The molecule has 3 rings (SSSR count). The van der Waals surface area contributed by atoms with Crippen molar-refractivity contribution in [3.63, 3.8) is 0 Å². The van der Waals surface area contributed by atoms with E-state index >= 15 is 0 Å². The summed E-state index contributed by atoms with van der Waals surface area (Å²) in [5.41, 5.74) is 11.5. The van der Waals surface area contributed by atoms with Crippen molar-refractivity contribution in [2.24, 2.45) is 10.7 Å². The summed E-state index contributed by atoms with van der Waals surface area (Å²) in [5.74, 6) is 0.451. The number of benzene rings is 2. The molecule has 1 heterocycles. The number of aliphatic imine (C=N–C) groups is 1. The van der Waals surface area contributed by atoms with Crippen molar-refractivity contribution in [3.8, 4) is 5.69 Å². The number of hydrogen-bond acceptors (Lipinski definition) is 2. The summed E-state index contributed by atoms with van der Waals surface area (Å²) in [6.45, 7) is 4.78. The molecule has 134 valence electrons. The van der Waals surface area contributed by atoms with Crippen LogP contribution in [0.2, 0.25) is 0 Å². The van der Waals surface area contributed by atoms with Gasteiger partial charge in [0.15, 0.2) is 5.96 Å². The molecule has 0 atom stereocenters. The van der Waals surface area contributed by atoms with Crippen LogP contribution < -0.4 is 11.1 Å². The van der Waals surface area contributed by atoms with E-state index in [1.165, 1.54) is 11.1 Å². The lowest BCUT2D eigenvalue weighted by atomic mass is 10.1. The molecule has 0 aliphatic heterocycles. The number of nitrogens with one attached hydrogen (secondary N) is 1. The van der Waals surface area contributed by atoms with Crippen LogP contribution in [0.1, 0.15) is 23.2 Å². The van der Waals surface area contributed by atoms with Crippen molar-refractivity contribution in [1.82, 2.24) is 9.78 Å². The maximum Gasteiger partial charge on any atom is 0.193 e. The molecule has 0 saturated heterocycles. The van der Waals surface area contributed by atoms with Crippen molar-refractivity contribution >= 4 is 11.6 Å². The number of para-hydroxylation sites is 1. The maximum absolute atomic E-state index is 5.97. The quantitative estimate of drug-likeness (QED) is 0.404. The zero-order valence-corrected chi connectivity index (χ0v) is 15.3. The van der Waals surface area contributed by atoms with Gasteiger partial charge in [0.05, 0.1) is 11.4 Å². The van der Waals surface area contributed by atoms with Gasteiger partial charge in [-0.05, 0) is 62.1 Å². The minimum Gasteiger partial charge on any atom is -0.370 e. The summed E-state index contributed by atoms with van der Waals surface area (Å²) >= 11 is 0. The van der Waals surface area contributed by atoms with Crippen LogP contribution in [0.4, 0.5) is 5.69 Å². The Morgan fingerprint density at radius 2 is 1.92 bits per heavy atom. The topological polar surface area (TPSA) is 68.2 Å². The average molecular weight is 347 g/mol. The Morgan fingerprint density at radius 1 is 1.12 bits per heavy atom. The first kappa shape index (κ1) is 17.7. The summed E-state index contributed by atoms with van der Waals surface area (Å²) < 4.78 is 1.93. The Morgan fingerprint density at radius 3 is 2.69 bits per heavy atom. The van der Waals surface area contributed by atoms with E-state index in [1.54, 1.807) is 0 Å². The molecule has 0 radical (unpaired) electrons. The average Bonchev–Trinajstić information content (AvgIpc) is 3.00. The lowest BCUT2D eigenvalue weighted by Crippen LogP contribution is -2.22. The van der Waals surface area contributed by atoms with Gasteiger partial charge in [-0.3, -0.25) is 4.99 Å². The van der Waals surface area contributed by atoms with Gasteiger partial charge in [0, 0.05) is 18.4 Å². The molecule has 0 bridgehead atoms. The maximum atomic E-state index is 5.97. The van der Waals surface area contributed by atoms with E-state index in [2.05, 4.69) is 46.7 Å². The van der Waals surface area contributed by atoms with Gasteiger partial charge in [-0.2, -0.15) is 5.10 Å². The summed E-state index contributed by atoms with van der Waals surface area (Å²) in [5, 5.41) is 7.73. The Hall–Kier alpha value is -3.08. The van der Waals surface area contributed by atoms with Crippen LogP contribution in [0.5, 0.6) is 0 Å². The van der Waals surface area contributed by atoms with Crippen LogP contribution in [0.3, 0.4) is 0 Å². The number of aromatic nitrogens is 2. The molecule has 3 aromatic rings. The molecule has 0 aliphatic carbocycles. The van der Waals surface area contributed by atoms with E-state index in [4.69, 9.17) is 5.73 Å². The van der Waals surface area contributed by atoms with Crippen LogP contribution in [0.25, 0.3) is 5.69 Å². The number of nitrogens with zero attached hydrogens (tertiary/aromatic N) is 3. The second-order valence-corrected chi connectivity index (χ2v) is 6.38. The highest BCUT2D eigenvalue weighted by Gasteiger charge is 2.06. The monoisotopic (exact) mass is 347 g/mol. The van der Waals surface area contributed by atoms with Crippen molar-refractivity contribution in [3.05, 3.63) is 77.6 Å². The number of hydrogen-bond donors (Lipinski definition) is 2. The van der Waals surface area contributed by atoms with E-state index in [-0.39, 0.29) is 0 Å². The third-order valence-corrected chi connectivity index (χ3v) is 4.20. The van der Waals surface area contributed by atoms with Gasteiger partial charge in [0.2, 0.25) is 0 Å². The second-order valence-electron chi connectivity index (χ2n) is 6.38. The summed E-state index contributed by atoms with van der Waals surface area (Å²) in [7, 11) is 0. The normalized spacial score (nSPS) is 11.5. The number of aryl methyl sites for hydroxylation is 3. The van der Waals surface area contributed by atoms with Crippen molar-refractivity contribution < 1.29 is 0 Å². The zero-order valence-electron chi connectivity index (χ0n) is 15.3. The first-order chi connectivity index (χ1) is 12.6. The highest BCUT2D eigenvalue weighted by molar-refractivity contribution is 5.92. The summed E-state index contributed by atoms with van der Waals surface area (Å²) in [6.07, 6.45) is 3.96. The van der Waals surface area contributed by atoms with Crippen molar-refractivity contribution in [1.29, 1.82) is 0 Å². The minimum atomic E-state index is 0.451. The molecule has 5 nitrogen and oxygen atoms in total. The Bertz CT molecular complexity index is 880. The fourth-order valence-corrected chi connectivity index (χ4v) is 2.83. The minimum absolute atomic E-state index is 0.451. The molecule has 0 spiro atoms. The van der Waals surface area contributed by atoms with Crippen LogP contribution >= 0.6 is 0 Å². The van der Waals surface area contributed by atoms with E-state index in [0.717, 1.165) is 29.9 Å². The van der Waals surface area contributed by atoms with Gasteiger partial charge in [-0.15, -0.1) is 0 Å². The van der Waals surface area contributed by atoms with Gasteiger partial charge in [-0.1, -0.05) is 30.3 Å². The third-order valence-electron chi connectivity index (χ3n) is 4.20. The van der Waals surface area contributed by atoms with Crippen LogP contribution in [-0.4, -0.2) is 22.3 Å². The van der Waals surface area contributed by atoms with E-state index in [0.29, 0.717) is 12.5 Å². The van der Waals surface area contributed by atoms with Crippen LogP contribution in [0.15, 0.2) is 65.8 Å². The predicted molar refractivity (Wildman–Crippen MR) is 108 cm³/mol. The number of nitrogens with two attached hydrogens (primary N) is 1.